The smallest absolute Gasteiger partial charge is 0.0657 e. The Hall–Kier alpha value is -0.740. The standard InChI is InChI=1S/C10H10S/c1-3-10(5-6-10)9-8(2)4-7-11-9/h1,4,7H,5-6H2,2H3. The van der Waals surface area contributed by atoms with Gasteiger partial charge in [0.2, 0.25) is 0 Å². The molecule has 0 aromatic carbocycles. The molecular weight excluding hydrogens is 152 g/mol. The predicted octanol–water partition coefficient (Wildman–Crippen LogP) is 2.72. The Morgan fingerprint density at radius 2 is 2.36 bits per heavy atom. The lowest BCUT2D eigenvalue weighted by molar-refractivity contribution is 0.949. The zero-order valence-electron chi connectivity index (χ0n) is 6.55. The van der Waals surface area contributed by atoms with Crippen LogP contribution >= 0.6 is 11.3 Å². The SMILES string of the molecule is C#CC1(c2sccc2C)CC1. The molecule has 0 nitrogen and oxygen atoms in total. The van der Waals surface area contributed by atoms with Crippen LogP contribution < -0.4 is 0 Å². The average Bonchev–Trinajstić information content (AvgIpc) is 2.70. The van der Waals surface area contributed by atoms with Crippen molar-refractivity contribution in [3.8, 4) is 12.3 Å². The van der Waals surface area contributed by atoms with E-state index in [4.69, 9.17) is 6.42 Å². The normalized spacial score (nSPS) is 19.3. The molecular formula is C10H10S. The molecule has 1 saturated carbocycles. The highest BCUT2D eigenvalue weighted by Crippen LogP contribution is 2.50. The van der Waals surface area contributed by atoms with E-state index < -0.39 is 0 Å². The van der Waals surface area contributed by atoms with Crippen LogP contribution in [0.2, 0.25) is 0 Å². The van der Waals surface area contributed by atoms with E-state index in [0.717, 1.165) is 0 Å². The molecule has 56 valence electrons. The minimum Gasteiger partial charge on any atom is -0.147 e. The van der Waals surface area contributed by atoms with Gasteiger partial charge in [0.25, 0.3) is 0 Å². The third-order valence-electron chi connectivity index (χ3n) is 2.32. The summed E-state index contributed by atoms with van der Waals surface area (Å²) in [6.45, 7) is 2.14. The monoisotopic (exact) mass is 162 g/mol. The lowest BCUT2D eigenvalue weighted by Crippen LogP contribution is -2.00. The molecule has 1 aliphatic rings. The highest BCUT2D eigenvalue weighted by Gasteiger charge is 2.44. The molecule has 0 spiro atoms. The van der Waals surface area contributed by atoms with Gasteiger partial charge in [-0.2, -0.15) is 0 Å². The molecule has 1 aromatic heterocycles. The summed E-state index contributed by atoms with van der Waals surface area (Å²) in [5.74, 6) is 2.91. The largest absolute Gasteiger partial charge is 0.147 e. The number of hydrogen-bond acceptors (Lipinski definition) is 1. The van der Waals surface area contributed by atoms with Crippen LogP contribution in [0.15, 0.2) is 11.4 Å². The molecule has 0 N–H and O–H groups in total. The minimum absolute atomic E-state index is 0.151. The maximum absolute atomic E-state index is 5.49. The summed E-state index contributed by atoms with van der Waals surface area (Å²) in [4.78, 5) is 1.42. The van der Waals surface area contributed by atoms with Crippen molar-refractivity contribution in [2.45, 2.75) is 25.2 Å². The van der Waals surface area contributed by atoms with Crippen molar-refractivity contribution in [2.75, 3.05) is 0 Å². The molecule has 0 aliphatic heterocycles. The van der Waals surface area contributed by atoms with Crippen molar-refractivity contribution >= 4 is 11.3 Å². The van der Waals surface area contributed by atoms with Crippen molar-refractivity contribution < 1.29 is 0 Å². The molecule has 1 aromatic rings. The van der Waals surface area contributed by atoms with E-state index in [1.54, 1.807) is 11.3 Å². The molecule has 0 atom stereocenters. The van der Waals surface area contributed by atoms with Crippen LogP contribution in [-0.4, -0.2) is 0 Å². The summed E-state index contributed by atoms with van der Waals surface area (Å²) < 4.78 is 0. The number of hydrogen-bond donors (Lipinski definition) is 0. The Balaban J connectivity index is 2.45. The van der Waals surface area contributed by atoms with Gasteiger partial charge in [0.05, 0.1) is 5.41 Å². The summed E-state index contributed by atoms with van der Waals surface area (Å²) in [5.41, 5.74) is 1.52. The van der Waals surface area contributed by atoms with Crippen LogP contribution in [0.1, 0.15) is 23.3 Å². The predicted molar refractivity (Wildman–Crippen MR) is 48.8 cm³/mol. The quantitative estimate of drug-likeness (QED) is 0.557. The number of rotatable bonds is 1. The van der Waals surface area contributed by atoms with E-state index in [-0.39, 0.29) is 5.41 Å². The highest BCUT2D eigenvalue weighted by molar-refractivity contribution is 7.10. The second-order valence-electron chi connectivity index (χ2n) is 3.16. The lowest BCUT2D eigenvalue weighted by Gasteiger charge is -2.04. The molecule has 0 bridgehead atoms. The second kappa shape index (κ2) is 2.12. The van der Waals surface area contributed by atoms with Gasteiger partial charge in [-0.25, -0.2) is 0 Å². The van der Waals surface area contributed by atoms with Crippen LogP contribution in [0, 0.1) is 19.3 Å². The van der Waals surface area contributed by atoms with Crippen LogP contribution in [0.25, 0.3) is 0 Å². The van der Waals surface area contributed by atoms with Gasteiger partial charge < -0.3 is 0 Å². The maximum atomic E-state index is 5.49. The summed E-state index contributed by atoms with van der Waals surface area (Å²) in [6.07, 6.45) is 7.86. The van der Waals surface area contributed by atoms with Gasteiger partial charge in [0.15, 0.2) is 0 Å². The van der Waals surface area contributed by atoms with E-state index in [1.165, 1.54) is 23.3 Å². The summed E-state index contributed by atoms with van der Waals surface area (Å²) in [5, 5.41) is 2.13. The van der Waals surface area contributed by atoms with Crippen molar-refractivity contribution in [2.24, 2.45) is 0 Å². The molecule has 1 heterocycles. The Morgan fingerprint density at radius 3 is 2.73 bits per heavy atom. The van der Waals surface area contributed by atoms with Gasteiger partial charge in [0.1, 0.15) is 0 Å². The van der Waals surface area contributed by atoms with E-state index in [0.29, 0.717) is 0 Å². The summed E-state index contributed by atoms with van der Waals surface area (Å²) in [6, 6.07) is 2.15. The molecule has 11 heavy (non-hydrogen) atoms. The summed E-state index contributed by atoms with van der Waals surface area (Å²) >= 11 is 1.80. The fourth-order valence-electron chi connectivity index (χ4n) is 1.42. The molecule has 0 amide bonds. The van der Waals surface area contributed by atoms with Gasteiger partial charge in [-0.1, -0.05) is 5.92 Å². The Bertz CT molecular complexity index is 310. The zero-order chi connectivity index (χ0) is 7.90. The van der Waals surface area contributed by atoms with Crippen molar-refractivity contribution in [3.63, 3.8) is 0 Å². The van der Waals surface area contributed by atoms with E-state index in [1.807, 2.05) is 0 Å². The molecule has 1 aliphatic carbocycles. The molecule has 1 fully saturated rings. The first-order valence-electron chi connectivity index (χ1n) is 3.81. The van der Waals surface area contributed by atoms with Gasteiger partial charge >= 0.3 is 0 Å². The molecule has 1 heteroatoms. The highest BCUT2D eigenvalue weighted by atomic mass is 32.1. The van der Waals surface area contributed by atoms with Gasteiger partial charge in [-0.05, 0) is 36.8 Å². The van der Waals surface area contributed by atoms with E-state index in [9.17, 15) is 0 Å². The third-order valence-corrected chi connectivity index (χ3v) is 3.54. The van der Waals surface area contributed by atoms with Crippen molar-refractivity contribution in [1.29, 1.82) is 0 Å². The average molecular weight is 162 g/mol. The van der Waals surface area contributed by atoms with Crippen molar-refractivity contribution in [1.82, 2.24) is 0 Å². The van der Waals surface area contributed by atoms with Gasteiger partial charge in [-0.15, -0.1) is 17.8 Å². The maximum Gasteiger partial charge on any atom is 0.0657 e. The van der Waals surface area contributed by atoms with E-state index in [2.05, 4.69) is 24.3 Å². The molecule has 0 saturated heterocycles. The van der Waals surface area contributed by atoms with Crippen LogP contribution in [0.5, 0.6) is 0 Å². The zero-order valence-corrected chi connectivity index (χ0v) is 7.37. The molecule has 2 rings (SSSR count). The van der Waals surface area contributed by atoms with Crippen molar-refractivity contribution in [3.05, 3.63) is 21.9 Å². The first kappa shape index (κ1) is 6.94. The first-order chi connectivity index (χ1) is 5.28. The Labute approximate surface area is 71.3 Å². The molecule has 0 unspecified atom stereocenters. The fraction of sp³-hybridized carbons (Fsp3) is 0.400. The van der Waals surface area contributed by atoms with Crippen LogP contribution in [0.3, 0.4) is 0 Å². The molecule has 0 radical (unpaired) electrons. The topological polar surface area (TPSA) is 0 Å². The van der Waals surface area contributed by atoms with Crippen LogP contribution in [0.4, 0.5) is 0 Å². The Morgan fingerprint density at radius 1 is 1.64 bits per heavy atom. The number of thiophene rings is 1. The summed E-state index contributed by atoms with van der Waals surface area (Å²) in [7, 11) is 0. The lowest BCUT2D eigenvalue weighted by atomic mass is 10.0. The first-order valence-corrected chi connectivity index (χ1v) is 4.69. The minimum atomic E-state index is 0.151. The van der Waals surface area contributed by atoms with Gasteiger partial charge in [0, 0.05) is 4.88 Å². The van der Waals surface area contributed by atoms with E-state index >= 15 is 0 Å². The Kier molecular flexibility index (Phi) is 1.34. The third kappa shape index (κ3) is 0.902. The number of aryl methyl sites for hydroxylation is 1. The van der Waals surface area contributed by atoms with Gasteiger partial charge in [-0.3, -0.25) is 0 Å². The van der Waals surface area contributed by atoms with Crippen LogP contribution in [-0.2, 0) is 5.41 Å². The number of terminal acetylenes is 1. The fourth-order valence-corrected chi connectivity index (χ4v) is 2.58. The second-order valence-corrected chi connectivity index (χ2v) is 4.08.